The Kier molecular flexibility index (Phi) is 2.19. The molecule has 0 N–H and O–H groups in total. The molecule has 1 aromatic carbocycles. The maximum atomic E-state index is 9.38. The van der Waals surface area contributed by atoms with Crippen LogP contribution in [0.1, 0.15) is 30.4 Å². The summed E-state index contributed by atoms with van der Waals surface area (Å²) in [5.41, 5.74) is 3.76. The second-order valence-electron chi connectivity index (χ2n) is 4.67. The maximum absolute atomic E-state index is 9.38. The number of nitrogens with zero attached hydrogens (tertiary/aromatic N) is 1. The molecule has 2 heteroatoms. The highest BCUT2D eigenvalue weighted by Gasteiger charge is 2.42. The fourth-order valence-electron chi connectivity index (χ4n) is 2.74. The van der Waals surface area contributed by atoms with Gasteiger partial charge in [0.1, 0.15) is 0 Å². The quantitative estimate of drug-likeness (QED) is 0.756. The summed E-state index contributed by atoms with van der Waals surface area (Å²) in [6.45, 7) is 0. The average molecular weight is 274 g/mol. The van der Waals surface area contributed by atoms with E-state index in [0.717, 1.165) is 23.7 Å². The molecule has 1 aromatic rings. The van der Waals surface area contributed by atoms with Gasteiger partial charge in [0.2, 0.25) is 0 Å². The monoisotopic (exact) mass is 273 g/mol. The van der Waals surface area contributed by atoms with Crippen LogP contribution in [0.3, 0.4) is 0 Å². The number of benzene rings is 1. The van der Waals surface area contributed by atoms with Gasteiger partial charge in [-0.1, -0.05) is 28.1 Å². The van der Waals surface area contributed by atoms with Crippen LogP contribution in [0.4, 0.5) is 0 Å². The summed E-state index contributed by atoms with van der Waals surface area (Å²) >= 11 is 3.50. The van der Waals surface area contributed by atoms with Gasteiger partial charge in [-0.2, -0.15) is 5.26 Å². The van der Waals surface area contributed by atoms with Gasteiger partial charge in [-0.05, 0) is 54.5 Å². The molecule has 1 nitrogen and oxygen atoms in total. The first kappa shape index (κ1) is 10.1. The Hall–Kier alpha value is -1.07. The molecule has 16 heavy (non-hydrogen) atoms. The summed E-state index contributed by atoms with van der Waals surface area (Å²) in [7, 11) is 0. The molecule has 0 radical (unpaired) electrons. The standard InChI is InChI=1S/C14H12BrN/c15-11-3-4-12-10(8-11)2-5-13(12)14(9-16)6-1-7-14/h3-5,8H,1-2,6-7H2. The highest BCUT2D eigenvalue weighted by molar-refractivity contribution is 9.10. The predicted molar refractivity (Wildman–Crippen MR) is 67.7 cm³/mol. The molecule has 2 aliphatic rings. The van der Waals surface area contributed by atoms with E-state index in [1.165, 1.54) is 23.1 Å². The van der Waals surface area contributed by atoms with Gasteiger partial charge in [0, 0.05) is 4.47 Å². The van der Waals surface area contributed by atoms with Crippen molar-refractivity contribution in [3.05, 3.63) is 39.9 Å². The van der Waals surface area contributed by atoms with Crippen molar-refractivity contribution in [1.82, 2.24) is 0 Å². The third-order valence-corrected chi connectivity index (χ3v) is 4.31. The van der Waals surface area contributed by atoms with Crippen molar-refractivity contribution in [2.75, 3.05) is 0 Å². The second kappa shape index (κ2) is 3.46. The van der Waals surface area contributed by atoms with Crippen LogP contribution in [-0.2, 0) is 6.42 Å². The third kappa shape index (κ3) is 1.28. The van der Waals surface area contributed by atoms with E-state index in [4.69, 9.17) is 0 Å². The van der Waals surface area contributed by atoms with Gasteiger partial charge in [-0.25, -0.2) is 0 Å². The van der Waals surface area contributed by atoms with E-state index < -0.39 is 0 Å². The van der Waals surface area contributed by atoms with E-state index in [0.29, 0.717) is 0 Å². The lowest BCUT2D eigenvalue weighted by molar-refractivity contribution is 0.302. The van der Waals surface area contributed by atoms with Crippen LogP contribution < -0.4 is 0 Å². The Morgan fingerprint density at radius 3 is 2.75 bits per heavy atom. The van der Waals surface area contributed by atoms with Crippen LogP contribution in [-0.4, -0.2) is 0 Å². The van der Waals surface area contributed by atoms with Gasteiger partial charge >= 0.3 is 0 Å². The predicted octanol–water partition coefficient (Wildman–Crippen LogP) is 4.08. The van der Waals surface area contributed by atoms with Gasteiger partial charge in [-0.15, -0.1) is 0 Å². The number of hydrogen-bond acceptors (Lipinski definition) is 1. The zero-order chi connectivity index (χ0) is 11.2. The lowest BCUT2D eigenvalue weighted by Crippen LogP contribution is -2.28. The lowest BCUT2D eigenvalue weighted by Gasteiger charge is -2.37. The summed E-state index contributed by atoms with van der Waals surface area (Å²) in [5.74, 6) is 0. The molecular weight excluding hydrogens is 262 g/mol. The summed E-state index contributed by atoms with van der Waals surface area (Å²) in [4.78, 5) is 0. The first-order valence-corrected chi connectivity index (χ1v) is 6.45. The Bertz CT molecular complexity index is 518. The van der Waals surface area contributed by atoms with E-state index in [9.17, 15) is 5.26 Å². The van der Waals surface area contributed by atoms with E-state index in [2.05, 4.69) is 46.3 Å². The van der Waals surface area contributed by atoms with Crippen LogP contribution in [0.2, 0.25) is 0 Å². The van der Waals surface area contributed by atoms with Gasteiger partial charge in [-0.3, -0.25) is 0 Å². The molecule has 0 heterocycles. The van der Waals surface area contributed by atoms with Gasteiger partial charge < -0.3 is 0 Å². The van der Waals surface area contributed by atoms with Gasteiger partial charge in [0.15, 0.2) is 0 Å². The average Bonchev–Trinajstić information content (AvgIpc) is 2.61. The van der Waals surface area contributed by atoms with Crippen molar-refractivity contribution >= 4 is 21.5 Å². The molecule has 0 aromatic heterocycles. The van der Waals surface area contributed by atoms with Crippen LogP contribution in [0.5, 0.6) is 0 Å². The lowest BCUT2D eigenvalue weighted by atomic mass is 9.64. The van der Waals surface area contributed by atoms with E-state index >= 15 is 0 Å². The minimum Gasteiger partial charge on any atom is -0.197 e. The molecule has 1 fully saturated rings. The molecule has 0 bridgehead atoms. The summed E-state index contributed by atoms with van der Waals surface area (Å²) in [5, 5.41) is 9.38. The Morgan fingerprint density at radius 1 is 1.31 bits per heavy atom. The number of fused-ring (bicyclic) bond motifs is 1. The SMILES string of the molecule is N#CC1(C2=CCc3cc(Br)ccc32)CCC1. The Morgan fingerprint density at radius 2 is 2.12 bits per heavy atom. The molecule has 0 saturated heterocycles. The van der Waals surface area contributed by atoms with Crippen molar-refractivity contribution < 1.29 is 0 Å². The fraction of sp³-hybridized carbons (Fsp3) is 0.357. The molecule has 0 aliphatic heterocycles. The van der Waals surface area contributed by atoms with Crippen LogP contribution in [0, 0.1) is 16.7 Å². The zero-order valence-electron chi connectivity index (χ0n) is 8.96. The highest BCUT2D eigenvalue weighted by Crippen LogP contribution is 2.53. The maximum Gasteiger partial charge on any atom is 0.0825 e. The zero-order valence-corrected chi connectivity index (χ0v) is 10.5. The van der Waals surface area contributed by atoms with Gasteiger partial charge in [0.05, 0.1) is 11.5 Å². The number of halogens is 1. The Balaban J connectivity index is 2.06. The second-order valence-corrected chi connectivity index (χ2v) is 5.59. The van der Waals surface area contributed by atoms with Crippen molar-refractivity contribution in [3.63, 3.8) is 0 Å². The summed E-state index contributed by atoms with van der Waals surface area (Å²) in [6.07, 6.45) is 6.49. The molecule has 0 spiro atoms. The summed E-state index contributed by atoms with van der Waals surface area (Å²) in [6, 6.07) is 8.92. The molecule has 1 saturated carbocycles. The van der Waals surface area contributed by atoms with E-state index in [1.807, 2.05) is 0 Å². The van der Waals surface area contributed by atoms with Crippen molar-refractivity contribution in [2.45, 2.75) is 25.7 Å². The largest absolute Gasteiger partial charge is 0.197 e. The molecule has 0 unspecified atom stereocenters. The molecule has 0 amide bonds. The number of allylic oxidation sites excluding steroid dienone is 2. The molecule has 3 rings (SSSR count). The van der Waals surface area contributed by atoms with Crippen LogP contribution in [0.15, 0.2) is 28.7 Å². The number of nitriles is 1. The first-order valence-electron chi connectivity index (χ1n) is 5.66. The van der Waals surface area contributed by atoms with Crippen LogP contribution >= 0.6 is 15.9 Å². The molecular formula is C14H12BrN. The minimum atomic E-state index is -0.168. The minimum absolute atomic E-state index is 0.168. The third-order valence-electron chi connectivity index (χ3n) is 3.82. The Labute approximate surface area is 104 Å². The highest BCUT2D eigenvalue weighted by atomic mass is 79.9. The van der Waals surface area contributed by atoms with Crippen molar-refractivity contribution in [3.8, 4) is 6.07 Å². The molecule has 80 valence electrons. The van der Waals surface area contributed by atoms with Crippen molar-refractivity contribution in [2.24, 2.45) is 5.41 Å². The number of rotatable bonds is 1. The molecule has 2 aliphatic carbocycles. The van der Waals surface area contributed by atoms with Crippen LogP contribution in [0.25, 0.3) is 5.57 Å². The normalized spacial score (nSPS) is 20.6. The van der Waals surface area contributed by atoms with Gasteiger partial charge in [0.25, 0.3) is 0 Å². The molecule has 0 atom stereocenters. The van der Waals surface area contributed by atoms with Crippen molar-refractivity contribution in [1.29, 1.82) is 5.26 Å². The summed E-state index contributed by atoms with van der Waals surface area (Å²) < 4.78 is 1.13. The first-order chi connectivity index (χ1) is 7.75. The number of hydrogen-bond donors (Lipinski definition) is 0. The smallest absolute Gasteiger partial charge is 0.0825 e. The van der Waals surface area contributed by atoms with E-state index in [1.54, 1.807) is 0 Å². The van der Waals surface area contributed by atoms with E-state index in [-0.39, 0.29) is 5.41 Å². The topological polar surface area (TPSA) is 23.8 Å². The fourth-order valence-corrected chi connectivity index (χ4v) is 3.15.